The summed E-state index contributed by atoms with van der Waals surface area (Å²) in [6.07, 6.45) is 0.334. The fourth-order valence-electron chi connectivity index (χ4n) is 1.96. The van der Waals surface area contributed by atoms with Gasteiger partial charge in [0.2, 0.25) is 5.91 Å². The zero-order chi connectivity index (χ0) is 15.1. The second-order valence-corrected chi connectivity index (χ2v) is 5.24. The molecule has 0 aliphatic rings. The Morgan fingerprint density at radius 1 is 1.05 bits per heavy atom. The Hall–Kier alpha value is -2.29. The van der Waals surface area contributed by atoms with Crippen LogP contribution in [-0.4, -0.2) is 12.5 Å². The molecular weight excluding hydrogens is 262 g/mol. The molecule has 0 unspecified atom stereocenters. The second-order valence-electron chi connectivity index (χ2n) is 5.24. The molecule has 0 aliphatic carbocycles. The zero-order valence-corrected chi connectivity index (χ0v) is 12.5. The molecular formula is C18H21NO2. The van der Waals surface area contributed by atoms with Gasteiger partial charge in [0.1, 0.15) is 5.75 Å². The minimum Gasteiger partial charge on any atom is -0.493 e. The highest BCUT2D eigenvalue weighted by atomic mass is 16.5. The van der Waals surface area contributed by atoms with Gasteiger partial charge in [-0.3, -0.25) is 4.79 Å². The number of benzene rings is 2. The molecule has 3 nitrogen and oxygen atoms in total. The molecule has 0 atom stereocenters. The molecule has 21 heavy (non-hydrogen) atoms. The van der Waals surface area contributed by atoms with Gasteiger partial charge in [-0.25, -0.2) is 0 Å². The lowest BCUT2D eigenvalue weighted by atomic mass is 10.0. The topological polar surface area (TPSA) is 38.3 Å². The number of carbonyl (C=O) groups is 1. The summed E-state index contributed by atoms with van der Waals surface area (Å²) in [6.45, 7) is 4.69. The lowest BCUT2D eigenvalue weighted by molar-refractivity contribution is -0.116. The van der Waals surface area contributed by atoms with Crippen LogP contribution in [0.4, 0.5) is 5.69 Å². The molecule has 0 fully saturated rings. The molecule has 110 valence electrons. The standard InChI is InChI=1S/C18H21NO2/c1-14(2)15-8-10-17(11-9-15)21-13-12-18(20)19-16-6-4-3-5-7-16/h3-11,14H,12-13H2,1-2H3,(H,19,20). The summed E-state index contributed by atoms with van der Waals surface area (Å²) in [4.78, 5) is 11.8. The van der Waals surface area contributed by atoms with Gasteiger partial charge in [0, 0.05) is 5.69 Å². The predicted octanol–water partition coefficient (Wildman–Crippen LogP) is 4.22. The van der Waals surface area contributed by atoms with E-state index in [4.69, 9.17) is 4.74 Å². The van der Waals surface area contributed by atoms with Crippen LogP contribution in [0.2, 0.25) is 0 Å². The first kappa shape index (κ1) is 15.1. The van der Waals surface area contributed by atoms with Gasteiger partial charge >= 0.3 is 0 Å². The third-order valence-corrected chi connectivity index (χ3v) is 3.20. The first-order chi connectivity index (χ1) is 10.1. The third-order valence-electron chi connectivity index (χ3n) is 3.20. The summed E-state index contributed by atoms with van der Waals surface area (Å²) in [7, 11) is 0. The molecule has 3 heteroatoms. The number of carbonyl (C=O) groups excluding carboxylic acids is 1. The Morgan fingerprint density at radius 3 is 2.33 bits per heavy atom. The summed E-state index contributed by atoms with van der Waals surface area (Å²) in [5.41, 5.74) is 2.09. The molecule has 1 amide bonds. The Labute approximate surface area is 126 Å². The van der Waals surface area contributed by atoms with Crippen molar-refractivity contribution in [2.24, 2.45) is 0 Å². The van der Waals surface area contributed by atoms with E-state index in [0.717, 1.165) is 11.4 Å². The molecule has 0 saturated carbocycles. The Morgan fingerprint density at radius 2 is 1.71 bits per heavy atom. The Bertz CT molecular complexity index is 562. The van der Waals surface area contributed by atoms with E-state index in [1.54, 1.807) is 0 Å². The fourth-order valence-corrected chi connectivity index (χ4v) is 1.96. The van der Waals surface area contributed by atoms with Crippen molar-refractivity contribution < 1.29 is 9.53 Å². The maximum absolute atomic E-state index is 11.8. The number of amides is 1. The molecule has 0 bridgehead atoms. The molecule has 2 aromatic carbocycles. The first-order valence-electron chi connectivity index (χ1n) is 7.23. The quantitative estimate of drug-likeness (QED) is 0.862. The van der Waals surface area contributed by atoms with Crippen LogP contribution in [0.5, 0.6) is 5.75 Å². The summed E-state index contributed by atoms with van der Waals surface area (Å²) in [5, 5.41) is 2.83. The number of nitrogens with one attached hydrogen (secondary N) is 1. The highest BCUT2D eigenvalue weighted by molar-refractivity contribution is 5.90. The van der Waals surface area contributed by atoms with Crippen LogP contribution in [-0.2, 0) is 4.79 Å². The lowest BCUT2D eigenvalue weighted by Gasteiger charge is -2.09. The van der Waals surface area contributed by atoms with Crippen molar-refractivity contribution in [1.29, 1.82) is 0 Å². The number of rotatable bonds is 6. The van der Waals surface area contributed by atoms with Gasteiger partial charge in [-0.2, -0.15) is 0 Å². The third kappa shape index (κ3) is 4.95. The molecule has 0 aromatic heterocycles. The monoisotopic (exact) mass is 283 g/mol. The molecule has 2 aromatic rings. The zero-order valence-electron chi connectivity index (χ0n) is 12.5. The van der Waals surface area contributed by atoms with Crippen molar-refractivity contribution in [3.8, 4) is 5.75 Å². The molecule has 0 saturated heterocycles. The molecule has 0 radical (unpaired) electrons. The minimum atomic E-state index is -0.0417. The summed E-state index contributed by atoms with van der Waals surface area (Å²) in [6, 6.07) is 17.4. The summed E-state index contributed by atoms with van der Waals surface area (Å²) >= 11 is 0. The molecule has 1 N–H and O–H groups in total. The lowest BCUT2D eigenvalue weighted by Crippen LogP contribution is -2.15. The van der Waals surface area contributed by atoms with Crippen molar-refractivity contribution in [3.63, 3.8) is 0 Å². The van der Waals surface area contributed by atoms with Gasteiger partial charge < -0.3 is 10.1 Å². The minimum absolute atomic E-state index is 0.0417. The van der Waals surface area contributed by atoms with Gasteiger partial charge in [0.15, 0.2) is 0 Å². The Kier molecular flexibility index (Phi) is 5.38. The largest absolute Gasteiger partial charge is 0.493 e. The van der Waals surface area contributed by atoms with Gasteiger partial charge in [-0.05, 0) is 35.7 Å². The van der Waals surface area contributed by atoms with Crippen LogP contribution in [0, 0.1) is 0 Å². The highest BCUT2D eigenvalue weighted by Crippen LogP contribution is 2.18. The predicted molar refractivity (Wildman–Crippen MR) is 85.7 cm³/mol. The normalized spacial score (nSPS) is 10.4. The second kappa shape index (κ2) is 7.48. The van der Waals surface area contributed by atoms with Crippen LogP contribution < -0.4 is 10.1 Å². The number of hydrogen-bond donors (Lipinski definition) is 1. The average Bonchev–Trinajstić information content (AvgIpc) is 2.49. The van der Waals surface area contributed by atoms with E-state index in [-0.39, 0.29) is 5.91 Å². The van der Waals surface area contributed by atoms with Crippen LogP contribution in [0.3, 0.4) is 0 Å². The van der Waals surface area contributed by atoms with E-state index in [1.165, 1.54) is 5.56 Å². The van der Waals surface area contributed by atoms with E-state index >= 15 is 0 Å². The SMILES string of the molecule is CC(C)c1ccc(OCCC(=O)Nc2ccccc2)cc1. The van der Waals surface area contributed by atoms with Crippen molar-refractivity contribution in [2.75, 3.05) is 11.9 Å². The van der Waals surface area contributed by atoms with Gasteiger partial charge in [0.05, 0.1) is 13.0 Å². The van der Waals surface area contributed by atoms with Crippen LogP contribution in [0.15, 0.2) is 54.6 Å². The maximum atomic E-state index is 11.8. The summed E-state index contributed by atoms with van der Waals surface area (Å²) < 4.78 is 5.59. The number of hydrogen-bond acceptors (Lipinski definition) is 2. The van der Waals surface area contributed by atoms with E-state index in [2.05, 4.69) is 31.3 Å². The first-order valence-corrected chi connectivity index (χ1v) is 7.23. The van der Waals surface area contributed by atoms with Gasteiger partial charge in [-0.15, -0.1) is 0 Å². The Balaban J connectivity index is 1.75. The molecule has 0 aliphatic heterocycles. The van der Waals surface area contributed by atoms with Crippen molar-refractivity contribution in [1.82, 2.24) is 0 Å². The van der Waals surface area contributed by atoms with Crippen LogP contribution in [0.1, 0.15) is 31.7 Å². The molecule has 0 spiro atoms. The van der Waals surface area contributed by atoms with Crippen LogP contribution in [0.25, 0.3) is 0 Å². The van der Waals surface area contributed by atoms with E-state index in [9.17, 15) is 4.79 Å². The molecule has 2 rings (SSSR count). The van der Waals surface area contributed by atoms with E-state index < -0.39 is 0 Å². The number of para-hydroxylation sites is 1. The van der Waals surface area contributed by atoms with Gasteiger partial charge in [0.25, 0.3) is 0 Å². The average molecular weight is 283 g/mol. The van der Waals surface area contributed by atoms with Crippen molar-refractivity contribution in [2.45, 2.75) is 26.2 Å². The van der Waals surface area contributed by atoms with E-state index in [0.29, 0.717) is 18.9 Å². The van der Waals surface area contributed by atoms with Gasteiger partial charge in [-0.1, -0.05) is 44.2 Å². The van der Waals surface area contributed by atoms with Crippen molar-refractivity contribution in [3.05, 3.63) is 60.2 Å². The van der Waals surface area contributed by atoms with E-state index in [1.807, 2.05) is 42.5 Å². The number of ether oxygens (including phenoxy) is 1. The number of anilines is 1. The van der Waals surface area contributed by atoms with Crippen molar-refractivity contribution >= 4 is 11.6 Å². The smallest absolute Gasteiger partial charge is 0.227 e. The molecule has 0 heterocycles. The maximum Gasteiger partial charge on any atom is 0.227 e. The summed E-state index contributed by atoms with van der Waals surface area (Å²) in [5.74, 6) is 1.27. The highest BCUT2D eigenvalue weighted by Gasteiger charge is 2.03. The fraction of sp³-hybridized carbons (Fsp3) is 0.278. The van der Waals surface area contributed by atoms with Crippen LogP contribution >= 0.6 is 0 Å².